The molecule has 0 spiro atoms. The Morgan fingerprint density at radius 2 is 1.73 bits per heavy atom. The molecule has 2 aromatic carbocycles. The maximum Gasteiger partial charge on any atom is 0.408 e. The predicted octanol–water partition coefficient (Wildman–Crippen LogP) is 2.00. The molecule has 3 rings (SSSR count). The molecule has 0 fully saturated rings. The van der Waals surface area contributed by atoms with Gasteiger partial charge in [0.2, 0.25) is 11.8 Å². The van der Waals surface area contributed by atoms with E-state index in [1.807, 2.05) is 54.6 Å². The van der Waals surface area contributed by atoms with Gasteiger partial charge in [-0.3, -0.25) is 9.59 Å². The molecule has 3 aromatic rings. The van der Waals surface area contributed by atoms with Gasteiger partial charge in [-0.15, -0.1) is 0 Å². The molecule has 0 aliphatic heterocycles. The Morgan fingerprint density at radius 3 is 2.47 bits per heavy atom. The maximum absolute atomic E-state index is 12.5. The number of rotatable bonds is 8. The second kappa shape index (κ2) is 9.60. The zero-order chi connectivity index (χ0) is 21.5. The number of aromatic nitrogens is 1. The quantitative estimate of drug-likeness (QED) is 0.455. The summed E-state index contributed by atoms with van der Waals surface area (Å²) in [7, 11) is 0. The lowest BCUT2D eigenvalue weighted by atomic mass is 10.0. The molecule has 3 amide bonds. The van der Waals surface area contributed by atoms with Crippen molar-refractivity contribution in [2.24, 2.45) is 5.73 Å². The predicted molar refractivity (Wildman–Crippen MR) is 112 cm³/mol. The topological polar surface area (TPSA) is 126 Å². The largest absolute Gasteiger partial charge is 0.445 e. The number of ether oxygens (including phenoxy) is 1. The van der Waals surface area contributed by atoms with Crippen molar-refractivity contribution < 1.29 is 19.1 Å². The number of aromatic amines is 1. The van der Waals surface area contributed by atoms with Crippen LogP contribution in [0.25, 0.3) is 10.9 Å². The van der Waals surface area contributed by atoms with E-state index in [-0.39, 0.29) is 13.0 Å². The van der Waals surface area contributed by atoms with Gasteiger partial charge in [0.1, 0.15) is 18.7 Å². The minimum atomic E-state index is -0.915. The average molecular weight is 408 g/mol. The van der Waals surface area contributed by atoms with Gasteiger partial charge >= 0.3 is 6.09 Å². The Morgan fingerprint density at radius 1 is 1.03 bits per heavy atom. The molecule has 30 heavy (non-hydrogen) atoms. The van der Waals surface area contributed by atoms with Gasteiger partial charge < -0.3 is 26.1 Å². The van der Waals surface area contributed by atoms with E-state index in [0.29, 0.717) is 0 Å². The molecule has 8 heteroatoms. The standard InChI is InChI=1S/C22H24N4O4/c1-14(25-22(29)30-13-15-7-3-2-4-8-15)21(28)26-19(20(23)27)11-16-12-24-18-10-6-5-9-17(16)18/h2-10,12,14,19,24H,11,13H2,1H3,(H2,23,27)(H,25,29)(H,26,28). The van der Waals surface area contributed by atoms with E-state index >= 15 is 0 Å². The second-order valence-corrected chi connectivity index (χ2v) is 6.95. The molecule has 0 saturated heterocycles. The van der Waals surface area contributed by atoms with E-state index in [9.17, 15) is 14.4 Å². The van der Waals surface area contributed by atoms with Crippen LogP contribution in [0.1, 0.15) is 18.1 Å². The number of H-pyrrole nitrogens is 1. The molecule has 0 aliphatic carbocycles. The normalized spacial score (nSPS) is 12.7. The highest BCUT2D eigenvalue weighted by Gasteiger charge is 2.24. The Labute approximate surface area is 173 Å². The van der Waals surface area contributed by atoms with Crippen LogP contribution in [-0.4, -0.2) is 35.0 Å². The van der Waals surface area contributed by atoms with Crippen molar-refractivity contribution >= 4 is 28.8 Å². The molecule has 0 aliphatic rings. The lowest BCUT2D eigenvalue weighted by Crippen LogP contribution is -2.52. The SMILES string of the molecule is CC(NC(=O)OCc1ccccc1)C(=O)NC(Cc1c[nH]c2ccccc12)C(N)=O. The Hall–Kier alpha value is -3.81. The smallest absolute Gasteiger partial charge is 0.408 e. The third kappa shape index (κ3) is 5.38. The van der Waals surface area contributed by atoms with Crippen LogP contribution >= 0.6 is 0 Å². The third-order valence-electron chi connectivity index (χ3n) is 4.70. The second-order valence-electron chi connectivity index (χ2n) is 6.95. The molecular formula is C22H24N4O4. The molecule has 1 heterocycles. The number of nitrogens with two attached hydrogens (primary N) is 1. The highest BCUT2D eigenvalue weighted by atomic mass is 16.5. The summed E-state index contributed by atoms with van der Waals surface area (Å²) in [6, 6.07) is 15.0. The molecule has 8 nitrogen and oxygen atoms in total. The summed E-state index contributed by atoms with van der Waals surface area (Å²) in [5.74, 6) is -1.19. The van der Waals surface area contributed by atoms with Crippen LogP contribution in [0.2, 0.25) is 0 Å². The van der Waals surface area contributed by atoms with Crippen LogP contribution in [0.15, 0.2) is 60.8 Å². The lowest BCUT2D eigenvalue weighted by molar-refractivity contribution is -0.128. The Kier molecular flexibility index (Phi) is 6.69. The number of para-hydroxylation sites is 1. The molecular weight excluding hydrogens is 384 g/mol. The number of hydrogen-bond donors (Lipinski definition) is 4. The van der Waals surface area contributed by atoms with Crippen molar-refractivity contribution in [2.45, 2.75) is 32.0 Å². The van der Waals surface area contributed by atoms with E-state index in [0.717, 1.165) is 22.0 Å². The maximum atomic E-state index is 12.5. The summed E-state index contributed by atoms with van der Waals surface area (Å²) in [5.41, 5.74) is 8.10. The number of benzene rings is 2. The summed E-state index contributed by atoms with van der Waals surface area (Å²) in [6.07, 6.45) is 1.29. The van der Waals surface area contributed by atoms with Crippen molar-refractivity contribution in [3.8, 4) is 0 Å². The van der Waals surface area contributed by atoms with Crippen molar-refractivity contribution in [3.63, 3.8) is 0 Å². The minimum absolute atomic E-state index is 0.0888. The summed E-state index contributed by atoms with van der Waals surface area (Å²) < 4.78 is 5.11. The molecule has 2 atom stereocenters. The van der Waals surface area contributed by atoms with Gasteiger partial charge in [-0.25, -0.2) is 4.79 Å². The first-order chi connectivity index (χ1) is 14.4. The first kappa shape index (κ1) is 20.9. The Bertz CT molecular complexity index is 1030. The van der Waals surface area contributed by atoms with Gasteiger partial charge in [-0.05, 0) is 24.1 Å². The summed E-state index contributed by atoms with van der Waals surface area (Å²) >= 11 is 0. The minimum Gasteiger partial charge on any atom is -0.445 e. The van der Waals surface area contributed by atoms with Crippen LogP contribution in [0.3, 0.4) is 0 Å². The highest BCUT2D eigenvalue weighted by Crippen LogP contribution is 2.19. The van der Waals surface area contributed by atoms with Crippen LogP contribution in [0.5, 0.6) is 0 Å². The first-order valence-electron chi connectivity index (χ1n) is 9.56. The van der Waals surface area contributed by atoms with E-state index in [1.54, 1.807) is 6.20 Å². The van der Waals surface area contributed by atoms with Crippen molar-refractivity contribution in [3.05, 3.63) is 71.9 Å². The van der Waals surface area contributed by atoms with Gasteiger partial charge in [-0.2, -0.15) is 0 Å². The molecule has 0 bridgehead atoms. The van der Waals surface area contributed by atoms with Crippen LogP contribution in [-0.2, 0) is 27.4 Å². The van der Waals surface area contributed by atoms with Gasteiger partial charge in [0, 0.05) is 23.5 Å². The van der Waals surface area contributed by atoms with E-state index in [1.165, 1.54) is 6.92 Å². The molecule has 0 saturated carbocycles. The summed E-state index contributed by atoms with van der Waals surface area (Å²) in [4.78, 5) is 39.4. The summed E-state index contributed by atoms with van der Waals surface area (Å²) in [5, 5.41) is 6.00. The van der Waals surface area contributed by atoms with E-state index < -0.39 is 30.0 Å². The van der Waals surface area contributed by atoms with Crippen LogP contribution < -0.4 is 16.4 Å². The number of alkyl carbamates (subject to hydrolysis) is 1. The molecule has 1 aromatic heterocycles. The van der Waals surface area contributed by atoms with E-state index in [2.05, 4.69) is 15.6 Å². The van der Waals surface area contributed by atoms with Crippen molar-refractivity contribution in [2.75, 3.05) is 0 Å². The number of primary amides is 1. The van der Waals surface area contributed by atoms with Gasteiger partial charge in [0.15, 0.2) is 0 Å². The number of amides is 3. The molecule has 2 unspecified atom stereocenters. The van der Waals surface area contributed by atoms with Gasteiger partial charge in [0.25, 0.3) is 0 Å². The van der Waals surface area contributed by atoms with Crippen LogP contribution in [0.4, 0.5) is 4.79 Å². The first-order valence-corrected chi connectivity index (χ1v) is 9.56. The highest BCUT2D eigenvalue weighted by molar-refractivity contribution is 5.91. The van der Waals surface area contributed by atoms with Crippen LogP contribution in [0, 0.1) is 0 Å². The number of nitrogens with one attached hydrogen (secondary N) is 3. The molecule has 5 N–H and O–H groups in total. The third-order valence-corrected chi connectivity index (χ3v) is 4.70. The number of hydrogen-bond acceptors (Lipinski definition) is 4. The van der Waals surface area contributed by atoms with Crippen molar-refractivity contribution in [1.29, 1.82) is 0 Å². The summed E-state index contributed by atoms with van der Waals surface area (Å²) in [6.45, 7) is 1.59. The Balaban J connectivity index is 1.55. The fraction of sp³-hybridized carbons (Fsp3) is 0.227. The molecule has 0 radical (unpaired) electrons. The lowest BCUT2D eigenvalue weighted by Gasteiger charge is -2.19. The van der Waals surface area contributed by atoms with E-state index in [4.69, 9.17) is 10.5 Å². The monoisotopic (exact) mass is 408 g/mol. The zero-order valence-electron chi connectivity index (χ0n) is 16.6. The fourth-order valence-electron chi connectivity index (χ4n) is 3.05. The van der Waals surface area contributed by atoms with Gasteiger partial charge in [0.05, 0.1) is 0 Å². The van der Waals surface area contributed by atoms with Crippen molar-refractivity contribution in [1.82, 2.24) is 15.6 Å². The average Bonchev–Trinajstić information content (AvgIpc) is 3.15. The van der Waals surface area contributed by atoms with Gasteiger partial charge in [-0.1, -0.05) is 48.5 Å². The number of fused-ring (bicyclic) bond motifs is 1. The zero-order valence-corrected chi connectivity index (χ0v) is 16.6. The number of carbonyl (C=O) groups excluding carboxylic acids is 3. The number of carbonyl (C=O) groups is 3. The fourth-order valence-corrected chi connectivity index (χ4v) is 3.05. The molecule has 156 valence electrons.